The SMILES string of the molecule is Cc1nc2c(Oc3ccccc3)nc3ccccc3c2n1CCc1ccc(CO)cc1. The van der Waals surface area contributed by atoms with E-state index in [1.165, 1.54) is 5.56 Å². The van der Waals surface area contributed by atoms with Crippen LogP contribution in [0, 0.1) is 6.92 Å². The minimum absolute atomic E-state index is 0.0642. The largest absolute Gasteiger partial charge is 0.437 e. The molecule has 0 unspecified atom stereocenters. The van der Waals surface area contributed by atoms with Crippen molar-refractivity contribution in [2.24, 2.45) is 0 Å². The topological polar surface area (TPSA) is 60.2 Å². The molecule has 2 aromatic heterocycles. The van der Waals surface area contributed by atoms with Crippen molar-refractivity contribution < 1.29 is 9.84 Å². The molecule has 5 rings (SSSR count). The number of rotatable bonds is 6. The zero-order chi connectivity index (χ0) is 21.2. The van der Waals surface area contributed by atoms with Crippen LogP contribution in [0.5, 0.6) is 11.6 Å². The van der Waals surface area contributed by atoms with Crippen molar-refractivity contribution >= 4 is 21.9 Å². The molecule has 3 aromatic carbocycles. The maximum absolute atomic E-state index is 9.27. The minimum Gasteiger partial charge on any atom is -0.437 e. The molecule has 0 radical (unpaired) electrons. The Labute approximate surface area is 180 Å². The van der Waals surface area contributed by atoms with Crippen molar-refractivity contribution in [1.29, 1.82) is 0 Å². The molecule has 31 heavy (non-hydrogen) atoms. The van der Waals surface area contributed by atoms with Crippen molar-refractivity contribution in [1.82, 2.24) is 14.5 Å². The van der Waals surface area contributed by atoms with E-state index in [9.17, 15) is 5.11 Å². The molecule has 0 fully saturated rings. The molecule has 0 saturated heterocycles. The highest BCUT2D eigenvalue weighted by Crippen LogP contribution is 2.33. The van der Waals surface area contributed by atoms with Gasteiger partial charge in [-0.25, -0.2) is 9.97 Å². The Morgan fingerprint density at radius 2 is 1.55 bits per heavy atom. The highest BCUT2D eigenvalue weighted by molar-refractivity contribution is 6.04. The number of hydrogen-bond donors (Lipinski definition) is 1. The lowest BCUT2D eigenvalue weighted by Gasteiger charge is -2.11. The molecule has 0 aliphatic rings. The number of para-hydroxylation sites is 2. The summed E-state index contributed by atoms with van der Waals surface area (Å²) < 4.78 is 8.39. The third-order valence-corrected chi connectivity index (χ3v) is 5.53. The lowest BCUT2D eigenvalue weighted by Crippen LogP contribution is -2.04. The van der Waals surface area contributed by atoms with E-state index in [1.54, 1.807) is 0 Å². The van der Waals surface area contributed by atoms with Crippen LogP contribution < -0.4 is 4.74 Å². The highest BCUT2D eigenvalue weighted by atomic mass is 16.5. The second-order valence-electron chi connectivity index (χ2n) is 7.58. The predicted octanol–water partition coefficient (Wildman–Crippen LogP) is 5.42. The van der Waals surface area contributed by atoms with Gasteiger partial charge in [-0.15, -0.1) is 0 Å². The second kappa shape index (κ2) is 8.20. The maximum atomic E-state index is 9.27. The van der Waals surface area contributed by atoms with E-state index < -0.39 is 0 Å². The summed E-state index contributed by atoms with van der Waals surface area (Å²) in [6, 6.07) is 25.9. The monoisotopic (exact) mass is 409 g/mol. The molecule has 5 aromatic rings. The predicted molar refractivity (Wildman–Crippen MR) is 122 cm³/mol. The van der Waals surface area contributed by atoms with Crippen LogP contribution in [-0.4, -0.2) is 19.6 Å². The van der Waals surface area contributed by atoms with E-state index in [1.807, 2.05) is 67.6 Å². The third kappa shape index (κ3) is 3.76. The van der Waals surface area contributed by atoms with Crippen LogP contribution in [-0.2, 0) is 19.6 Å². The molecule has 5 nitrogen and oxygen atoms in total. The Hall–Kier alpha value is -3.70. The molecular weight excluding hydrogens is 386 g/mol. The number of benzene rings is 3. The van der Waals surface area contributed by atoms with E-state index >= 15 is 0 Å². The van der Waals surface area contributed by atoms with Crippen molar-refractivity contribution in [3.63, 3.8) is 0 Å². The summed E-state index contributed by atoms with van der Waals surface area (Å²) in [6.07, 6.45) is 0.865. The summed E-state index contributed by atoms with van der Waals surface area (Å²) in [4.78, 5) is 9.61. The van der Waals surface area contributed by atoms with Gasteiger partial charge in [0.2, 0.25) is 5.88 Å². The Bertz CT molecular complexity index is 1340. The van der Waals surface area contributed by atoms with Crippen molar-refractivity contribution in [3.05, 3.63) is 95.8 Å². The number of aliphatic hydroxyl groups is 1. The third-order valence-electron chi connectivity index (χ3n) is 5.53. The highest BCUT2D eigenvalue weighted by Gasteiger charge is 2.18. The summed E-state index contributed by atoms with van der Waals surface area (Å²) in [6.45, 7) is 2.88. The second-order valence-corrected chi connectivity index (χ2v) is 7.58. The Morgan fingerprint density at radius 1 is 0.839 bits per heavy atom. The van der Waals surface area contributed by atoms with Gasteiger partial charge in [0.15, 0.2) is 5.52 Å². The van der Waals surface area contributed by atoms with Gasteiger partial charge in [-0.05, 0) is 42.7 Å². The summed E-state index contributed by atoms with van der Waals surface area (Å²) in [5.74, 6) is 2.19. The standard InChI is InChI=1S/C26H23N3O2/c1-18-27-24-25(29(18)16-15-19-11-13-20(17-30)14-12-19)22-9-5-6-10-23(22)28-26(24)31-21-7-3-2-4-8-21/h2-14,30H,15-17H2,1H3. The van der Waals surface area contributed by atoms with E-state index in [-0.39, 0.29) is 6.61 Å². The zero-order valence-corrected chi connectivity index (χ0v) is 17.3. The van der Waals surface area contributed by atoms with Crippen LogP contribution in [0.15, 0.2) is 78.9 Å². The number of imidazole rings is 1. The molecule has 0 aliphatic carbocycles. The number of fused-ring (bicyclic) bond motifs is 3. The number of aryl methyl sites for hydroxylation is 3. The molecule has 0 spiro atoms. The first-order valence-corrected chi connectivity index (χ1v) is 10.4. The van der Waals surface area contributed by atoms with Gasteiger partial charge in [0, 0.05) is 11.9 Å². The average molecular weight is 409 g/mol. The van der Waals surface area contributed by atoms with Crippen molar-refractivity contribution in [2.45, 2.75) is 26.5 Å². The van der Waals surface area contributed by atoms with Gasteiger partial charge in [0.25, 0.3) is 0 Å². The Kier molecular flexibility index (Phi) is 5.10. The molecule has 154 valence electrons. The fourth-order valence-electron chi connectivity index (χ4n) is 3.92. The van der Waals surface area contributed by atoms with Gasteiger partial charge in [-0.2, -0.15) is 0 Å². The van der Waals surface area contributed by atoms with Gasteiger partial charge in [-0.3, -0.25) is 0 Å². The Morgan fingerprint density at radius 3 is 2.32 bits per heavy atom. The molecular formula is C26H23N3O2. The molecule has 0 bridgehead atoms. The minimum atomic E-state index is 0.0642. The van der Waals surface area contributed by atoms with Gasteiger partial charge < -0.3 is 14.4 Å². The number of aromatic nitrogens is 3. The van der Waals surface area contributed by atoms with Gasteiger partial charge in [0.05, 0.1) is 17.6 Å². The van der Waals surface area contributed by atoms with Gasteiger partial charge in [-0.1, -0.05) is 60.7 Å². The van der Waals surface area contributed by atoms with Crippen LogP contribution in [0.2, 0.25) is 0 Å². The molecule has 0 amide bonds. The van der Waals surface area contributed by atoms with Crippen LogP contribution in [0.3, 0.4) is 0 Å². The maximum Gasteiger partial charge on any atom is 0.248 e. The van der Waals surface area contributed by atoms with Crippen LogP contribution in [0.25, 0.3) is 21.9 Å². The first kappa shape index (κ1) is 19.3. The molecule has 0 aliphatic heterocycles. The van der Waals surface area contributed by atoms with Crippen LogP contribution >= 0.6 is 0 Å². The normalized spacial score (nSPS) is 11.3. The van der Waals surface area contributed by atoms with E-state index in [4.69, 9.17) is 14.7 Å². The number of pyridine rings is 1. The fourth-order valence-corrected chi connectivity index (χ4v) is 3.92. The number of aliphatic hydroxyl groups excluding tert-OH is 1. The molecule has 0 saturated carbocycles. The van der Waals surface area contributed by atoms with Gasteiger partial charge >= 0.3 is 0 Å². The molecule has 0 atom stereocenters. The molecule has 2 heterocycles. The summed E-state index contributed by atoms with van der Waals surface area (Å²) >= 11 is 0. The first-order valence-electron chi connectivity index (χ1n) is 10.4. The molecule has 1 N–H and O–H groups in total. The summed E-state index contributed by atoms with van der Waals surface area (Å²) in [7, 11) is 0. The average Bonchev–Trinajstić information content (AvgIpc) is 3.15. The Balaban J connectivity index is 1.58. The fraction of sp³-hybridized carbons (Fsp3) is 0.154. The number of ether oxygens (including phenoxy) is 1. The van der Waals surface area contributed by atoms with E-state index in [0.717, 1.165) is 52.0 Å². The van der Waals surface area contributed by atoms with Crippen LogP contribution in [0.4, 0.5) is 0 Å². The number of hydrogen-bond acceptors (Lipinski definition) is 4. The zero-order valence-electron chi connectivity index (χ0n) is 17.3. The number of nitrogens with zero attached hydrogens (tertiary/aromatic N) is 3. The quantitative estimate of drug-likeness (QED) is 0.407. The van der Waals surface area contributed by atoms with Crippen molar-refractivity contribution in [2.75, 3.05) is 0 Å². The van der Waals surface area contributed by atoms with E-state index in [2.05, 4.69) is 22.8 Å². The van der Waals surface area contributed by atoms with E-state index in [0.29, 0.717) is 5.88 Å². The first-order chi connectivity index (χ1) is 15.2. The summed E-state index contributed by atoms with van der Waals surface area (Å²) in [5.41, 5.74) is 4.84. The van der Waals surface area contributed by atoms with Crippen molar-refractivity contribution in [3.8, 4) is 11.6 Å². The lowest BCUT2D eigenvalue weighted by atomic mass is 10.1. The summed E-state index contributed by atoms with van der Waals surface area (Å²) in [5, 5.41) is 10.3. The van der Waals surface area contributed by atoms with Gasteiger partial charge in [0.1, 0.15) is 11.6 Å². The smallest absolute Gasteiger partial charge is 0.248 e. The lowest BCUT2D eigenvalue weighted by molar-refractivity contribution is 0.282. The molecule has 5 heteroatoms. The van der Waals surface area contributed by atoms with Crippen LogP contribution in [0.1, 0.15) is 17.0 Å².